The first-order valence-electron chi connectivity index (χ1n) is 7.06. The third kappa shape index (κ3) is 2.47. The maximum atomic E-state index is 13.3. The number of benzene rings is 1. The first-order chi connectivity index (χ1) is 10.7. The first kappa shape index (κ1) is 13.1. The van der Waals surface area contributed by atoms with E-state index < -0.39 is 0 Å². The molecule has 0 aliphatic heterocycles. The minimum atomic E-state index is -0.254. The zero-order valence-electron chi connectivity index (χ0n) is 11.9. The second kappa shape index (κ2) is 4.97. The van der Waals surface area contributed by atoms with E-state index in [1.165, 1.54) is 10.9 Å². The molecule has 2 aromatic heterocycles. The van der Waals surface area contributed by atoms with E-state index in [1.54, 1.807) is 19.1 Å². The summed E-state index contributed by atoms with van der Waals surface area (Å²) in [5.74, 6) is 1.82. The van der Waals surface area contributed by atoms with Crippen molar-refractivity contribution in [3.05, 3.63) is 41.3 Å². The fraction of sp³-hybridized carbons (Fsp3) is 0.357. The summed E-state index contributed by atoms with van der Waals surface area (Å²) in [7, 11) is 0. The van der Waals surface area contributed by atoms with Crippen molar-refractivity contribution < 1.29 is 8.91 Å². The van der Waals surface area contributed by atoms with E-state index in [9.17, 15) is 4.39 Å². The van der Waals surface area contributed by atoms with E-state index in [-0.39, 0.29) is 5.82 Å². The summed E-state index contributed by atoms with van der Waals surface area (Å²) in [6.07, 6.45) is 2.22. The van der Waals surface area contributed by atoms with Crippen LogP contribution in [0.1, 0.15) is 36.0 Å². The maximum Gasteiger partial charge on any atom is 0.229 e. The summed E-state index contributed by atoms with van der Waals surface area (Å²) >= 11 is 0. The van der Waals surface area contributed by atoms with Crippen molar-refractivity contribution in [1.29, 1.82) is 0 Å². The monoisotopic (exact) mass is 300 g/mol. The highest BCUT2D eigenvalue weighted by molar-refractivity contribution is 5.55. The van der Waals surface area contributed by atoms with Gasteiger partial charge in [-0.25, -0.2) is 4.39 Å². The molecular formula is C14H13FN6O. The molecule has 1 aromatic carbocycles. The zero-order chi connectivity index (χ0) is 15.1. The molecule has 0 spiro atoms. The molecule has 7 nitrogen and oxygen atoms in total. The van der Waals surface area contributed by atoms with Gasteiger partial charge in [-0.1, -0.05) is 5.16 Å². The van der Waals surface area contributed by atoms with Crippen molar-refractivity contribution in [2.24, 2.45) is 0 Å². The minimum absolute atomic E-state index is 0.254. The van der Waals surface area contributed by atoms with Gasteiger partial charge < -0.3 is 4.52 Å². The molecule has 2 heterocycles. The molecule has 0 atom stereocenters. The van der Waals surface area contributed by atoms with Crippen molar-refractivity contribution in [3.8, 4) is 11.4 Å². The van der Waals surface area contributed by atoms with Crippen LogP contribution < -0.4 is 0 Å². The van der Waals surface area contributed by atoms with Crippen molar-refractivity contribution in [2.75, 3.05) is 0 Å². The van der Waals surface area contributed by atoms with Gasteiger partial charge in [-0.2, -0.15) is 9.78 Å². The van der Waals surface area contributed by atoms with E-state index in [2.05, 4.69) is 25.6 Å². The molecule has 4 rings (SSSR count). The molecular weight excluding hydrogens is 287 g/mol. The number of hydrogen-bond acceptors (Lipinski definition) is 6. The van der Waals surface area contributed by atoms with Crippen LogP contribution in [0.2, 0.25) is 0 Å². The lowest BCUT2D eigenvalue weighted by atomic mass is 10.1. The average molecular weight is 300 g/mol. The number of rotatable bonds is 4. The Morgan fingerprint density at radius 1 is 1.36 bits per heavy atom. The Hall–Kier alpha value is -2.64. The van der Waals surface area contributed by atoms with Crippen LogP contribution in [0.4, 0.5) is 4.39 Å². The summed E-state index contributed by atoms with van der Waals surface area (Å²) in [6.45, 7) is 1.99. The molecule has 112 valence electrons. The number of aryl methyl sites for hydroxylation is 1. The van der Waals surface area contributed by atoms with Crippen LogP contribution in [0.25, 0.3) is 11.4 Å². The molecule has 1 aliphatic carbocycles. The maximum absolute atomic E-state index is 13.3. The molecule has 0 N–H and O–H groups in total. The normalized spacial score (nSPS) is 14.5. The fourth-order valence-electron chi connectivity index (χ4n) is 2.16. The molecule has 0 saturated heterocycles. The largest absolute Gasteiger partial charge is 0.339 e. The van der Waals surface area contributed by atoms with E-state index in [0.29, 0.717) is 35.6 Å². The lowest BCUT2D eigenvalue weighted by Crippen LogP contribution is -2.05. The molecule has 0 amide bonds. The summed E-state index contributed by atoms with van der Waals surface area (Å²) in [4.78, 5) is 5.72. The SMILES string of the molecule is Cc1cc(-c2nnn(Cc3noc(C4CC4)n3)n2)ccc1F. The molecule has 1 saturated carbocycles. The van der Waals surface area contributed by atoms with Gasteiger partial charge in [-0.3, -0.25) is 0 Å². The van der Waals surface area contributed by atoms with Crippen molar-refractivity contribution in [1.82, 2.24) is 30.3 Å². The molecule has 0 bridgehead atoms. The standard InChI is InChI=1S/C14H13FN6O/c1-8-6-10(4-5-11(8)15)13-17-20-21(18-13)7-12-16-14(22-19-12)9-2-3-9/h4-6,9H,2-3,7H2,1H3. The Morgan fingerprint density at radius 3 is 3.00 bits per heavy atom. The first-order valence-corrected chi connectivity index (χ1v) is 7.06. The van der Waals surface area contributed by atoms with Gasteiger partial charge in [0.1, 0.15) is 12.4 Å². The lowest BCUT2D eigenvalue weighted by Gasteiger charge is -1.98. The molecule has 22 heavy (non-hydrogen) atoms. The summed E-state index contributed by atoms with van der Waals surface area (Å²) < 4.78 is 18.5. The van der Waals surface area contributed by atoms with Gasteiger partial charge in [0.05, 0.1) is 0 Å². The Labute approximate surface area is 125 Å². The molecule has 8 heteroatoms. The van der Waals surface area contributed by atoms with E-state index in [1.807, 2.05) is 0 Å². The van der Waals surface area contributed by atoms with Gasteiger partial charge >= 0.3 is 0 Å². The van der Waals surface area contributed by atoms with Crippen LogP contribution in [0.3, 0.4) is 0 Å². The second-order valence-electron chi connectivity index (χ2n) is 5.43. The molecule has 3 aromatic rings. The number of aromatic nitrogens is 6. The van der Waals surface area contributed by atoms with E-state index in [4.69, 9.17) is 4.52 Å². The third-order valence-corrected chi connectivity index (χ3v) is 3.56. The topological polar surface area (TPSA) is 82.5 Å². The molecule has 0 radical (unpaired) electrons. The number of halogens is 1. The van der Waals surface area contributed by atoms with Crippen molar-refractivity contribution in [3.63, 3.8) is 0 Å². The molecule has 0 unspecified atom stereocenters. The lowest BCUT2D eigenvalue weighted by molar-refractivity contribution is 0.370. The van der Waals surface area contributed by atoms with Crippen LogP contribution in [0, 0.1) is 12.7 Å². The Kier molecular flexibility index (Phi) is 2.95. The van der Waals surface area contributed by atoms with Crippen LogP contribution in [-0.4, -0.2) is 30.3 Å². The van der Waals surface area contributed by atoms with Crippen LogP contribution in [0.15, 0.2) is 22.7 Å². The Balaban J connectivity index is 1.53. The highest BCUT2D eigenvalue weighted by atomic mass is 19.1. The summed E-state index contributed by atoms with van der Waals surface area (Å²) in [5.41, 5.74) is 1.26. The minimum Gasteiger partial charge on any atom is -0.339 e. The predicted molar refractivity (Wildman–Crippen MR) is 73.3 cm³/mol. The van der Waals surface area contributed by atoms with Crippen LogP contribution >= 0.6 is 0 Å². The Bertz CT molecular complexity index is 822. The summed E-state index contributed by atoms with van der Waals surface area (Å²) in [5, 5.41) is 16.1. The smallest absolute Gasteiger partial charge is 0.229 e. The van der Waals surface area contributed by atoms with Crippen LogP contribution in [-0.2, 0) is 6.54 Å². The van der Waals surface area contributed by atoms with Gasteiger partial charge in [0.2, 0.25) is 11.7 Å². The number of tetrazole rings is 1. The van der Waals surface area contributed by atoms with Gasteiger partial charge in [0, 0.05) is 11.5 Å². The quantitative estimate of drug-likeness (QED) is 0.733. The fourth-order valence-corrected chi connectivity index (χ4v) is 2.16. The van der Waals surface area contributed by atoms with Gasteiger partial charge in [-0.15, -0.1) is 10.2 Å². The third-order valence-electron chi connectivity index (χ3n) is 3.56. The zero-order valence-corrected chi connectivity index (χ0v) is 11.9. The molecule has 1 aliphatic rings. The average Bonchev–Trinajstić information content (AvgIpc) is 3.08. The van der Waals surface area contributed by atoms with Gasteiger partial charge in [0.15, 0.2) is 5.82 Å². The number of hydrogen-bond donors (Lipinski definition) is 0. The van der Waals surface area contributed by atoms with E-state index >= 15 is 0 Å². The molecule has 1 fully saturated rings. The Morgan fingerprint density at radius 2 is 2.23 bits per heavy atom. The predicted octanol–water partition coefficient (Wildman–Crippen LogP) is 2.10. The second-order valence-corrected chi connectivity index (χ2v) is 5.43. The highest BCUT2D eigenvalue weighted by Crippen LogP contribution is 2.38. The summed E-state index contributed by atoms with van der Waals surface area (Å²) in [6, 6.07) is 4.71. The van der Waals surface area contributed by atoms with E-state index in [0.717, 1.165) is 18.4 Å². The van der Waals surface area contributed by atoms with Gasteiger partial charge in [0.25, 0.3) is 0 Å². The van der Waals surface area contributed by atoms with Crippen molar-refractivity contribution >= 4 is 0 Å². The van der Waals surface area contributed by atoms with Crippen LogP contribution in [0.5, 0.6) is 0 Å². The number of nitrogens with zero attached hydrogens (tertiary/aromatic N) is 6. The van der Waals surface area contributed by atoms with Crippen molar-refractivity contribution in [2.45, 2.75) is 32.2 Å². The highest BCUT2D eigenvalue weighted by Gasteiger charge is 2.29. The van der Waals surface area contributed by atoms with Gasteiger partial charge in [-0.05, 0) is 48.7 Å².